The van der Waals surface area contributed by atoms with E-state index in [4.69, 9.17) is 4.74 Å². The van der Waals surface area contributed by atoms with Gasteiger partial charge in [-0.2, -0.15) is 0 Å². The third-order valence-electron chi connectivity index (χ3n) is 6.72. The molecule has 35 heavy (non-hydrogen) atoms. The average Bonchev–Trinajstić information content (AvgIpc) is 2.81. The first-order valence-electron chi connectivity index (χ1n) is 12.7. The summed E-state index contributed by atoms with van der Waals surface area (Å²) in [5.41, 5.74) is 1.75. The monoisotopic (exact) mass is 486 g/mol. The Morgan fingerprint density at radius 1 is 0.914 bits per heavy atom. The van der Waals surface area contributed by atoms with Gasteiger partial charge in [0, 0.05) is 12.8 Å². The number of phenols is 3. The molecule has 6 nitrogen and oxygen atoms in total. The van der Waals surface area contributed by atoms with Crippen molar-refractivity contribution in [2.24, 2.45) is 11.8 Å². The summed E-state index contributed by atoms with van der Waals surface area (Å²) in [5, 5.41) is 39.6. The van der Waals surface area contributed by atoms with E-state index in [1.54, 1.807) is 12.1 Å². The third-order valence-corrected chi connectivity index (χ3v) is 6.72. The third kappa shape index (κ3) is 9.44. The highest BCUT2D eigenvalue weighted by Crippen LogP contribution is 2.35. The van der Waals surface area contributed by atoms with E-state index in [1.807, 2.05) is 12.1 Å². The molecule has 3 atom stereocenters. The first-order chi connectivity index (χ1) is 16.6. The molecule has 2 aromatic carbocycles. The number of carbonyl (C=O) groups is 1. The Bertz CT molecular complexity index is 939. The lowest BCUT2D eigenvalue weighted by molar-refractivity contribution is -0.121. The van der Waals surface area contributed by atoms with Gasteiger partial charge in [0.05, 0.1) is 13.2 Å². The number of hydrogen-bond acceptors (Lipinski definition) is 6. The van der Waals surface area contributed by atoms with Crippen molar-refractivity contribution in [3.63, 3.8) is 0 Å². The van der Waals surface area contributed by atoms with Crippen LogP contribution in [-0.2, 0) is 11.2 Å². The van der Waals surface area contributed by atoms with E-state index >= 15 is 0 Å². The number of ether oxygens (including phenoxy) is 1. The van der Waals surface area contributed by atoms with E-state index in [1.165, 1.54) is 19.2 Å². The fourth-order valence-electron chi connectivity index (χ4n) is 4.71. The average molecular weight is 487 g/mol. The quantitative estimate of drug-likeness (QED) is 0.227. The predicted molar refractivity (Wildman–Crippen MR) is 138 cm³/mol. The van der Waals surface area contributed by atoms with E-state index in [0.29, 0.717) is 36.8 Å². The maximum atomic E-state index is 12.9. The topological polar surface area (TPSA) is 107 Å². The van der Waals surface area contributed by atoms with Crippen LogP contribution in [0.5, 0.6) is 23.0 Å². The molecule has 0 saturated carbocycles. The molecule has 0 amide bonds. The molecule has 0 spiro atoms. The standard InChI is InChI=1S/C29H42O6/c1-5-20(14-19(2)3)6-9-22(23-10-13-27(33)29(17-23)35-4)16-25(31)18-24(30)11-7-21-8-12-26(32)28(34)15-21/h8,10,12-13,15,17,19-20,22,24,30,32-34H,5-7,9,11,14,16,18H2,1-4H3. The van der Waals surface area contributed by atoms with Crippen molar-refractivity contribution in [3.8, 4) is 23.0 Å². The maximum Gasteiger partial charge on any atom is 0.160 e. The van der Waals surface area contributed by atoms with Gasteiger partial charge in [0.25, 0.3) is 0 Å². The molecule has 0 bridgehead atoms. The second-order valence-corrected chi connectivity index (χ2v) is 10.1. The minimum atomic E-state index is -0.780. The summed E-state index contributed by atoms with van der Waals surface area (Å²) in [6.07, 6.45) is 4.62. The molecule has 0 aromatic heterocycles. The van der Waals surface area contributed by atoms with Crippen LogP contribution in [0, 0.1) is 11.8 Å². The van der Waals surface area contributed by atoms with Gasteiger partial charge < -0.3 is 25.2 Å². The molecule has 2 aromatic rings. The van der Waals surface area contributed by atoms with Crippen molar-refractivity contribution in [2.45, 2.75) is 84.2 Å². The molecule has 2 rings (SSSR count). The highest BCUT2D eigenvalue weighted by Gasteiger charge is 2.22. The molecule has 0 aliphatic heterocycles. The fourth-order valence-corrected chi connectivity index (χ4v) is 4.71. The van der Waals surface area contributed by atoms with Crippen LogP contribution in [0.4, 0.5) is 0 Å². The summed E-state index contributed by atoms with van der Waals surface area (Å²) in [6.45, 7) is 6.67. The Balaban J connectivity index is 2.03. The van der Waals surface area contributed by atoms with E-state index in [9.17, 15) is 25.2 Å². The lowest BCUT2D eigenvalue weighted by Crippen LogP contribution is -2.17. The van der Waals surface area contributed by atoms with Gasteiger partial charge in [0.15, 0.2) is 23.0 Å². The highest BCUT2D eigenvalue weighted by molar-refractivity contribution is 5.79. The molecule has 194 valence electrons. The number of hydrogen-bond donors (Lipinski definition) is 4. The number of ketones is 1. The van der Waals surface area contributed by atoms with Gasteiger partial charge in [-0.05, 0) is 85.3 Å². The SMILES string of the molecule is CCC(CCC(CC(=O)CC(O)CCc1ccc(O)c(O)c1)c1ccc(O)c(OC)c1)CC(C)C. The zero-order valence-electron chi connectivity index (χ0n) is 21.5. The molecular weight excluding hydrogens is 444 g/mol. The van der Waals surface area contributed by atoms with Crippen molar-refractivity contribution in [1.82, 2.24) is 0 Å². The van der Waals surface area contributed by atoms with Crippen molar-refractivity contribution >= 4 is 5.78 Å². The molecule has 0 radical (unpaired) electrons. The highest BCUT2D eigenvalue weighted by atomic mass is 16.5. The molecule has 0 fully saturated rings. The van der Waals surface area contributed by atoms with Crippen LogP contribution in [0.2, 0.25) is 0 Å². The summed E-state index contributed by atoms with van der Waals surface area (Å²) < 4.78 is 5.29. The van der Waals surface area contributed by atoms with E-state index < -0.39 is 6.10 Å². The molecule has 6 heteroatoms. The Hall–Kier alpha value is -2.73. The first kappa shape index (κ1) is 28.5. The number of phenolic OH excluding ortho intramolecular Hbond substituents is 3. The summed E-state index contributed by atoms with van der Waals surface area (Å²) in [7, 11) is 1.51. The Labute approximate surface area is 209 Å². The van der Waals surface area contributed by atoms with Crippen molar-refractivity contribution < 1.29 is 30.0 Å². The number of carbonyl (C=O) groups excluding carboxylic acids is 1. The number of aryl methyl sites for hydroxylation is 1. The Kier molecular flexibility index (Phi) is 11.4. The molecule has 0 saturated heterocycles. The zero-order chi connectivity index (χ0) is 26.0. The Morgan fingerprint density at radius 2 is 1.63 bits per heavy atom. The number of aromatic hydroxyl groups is 3. The van der Waals surface area contributed by atoms with Gasteiger partial charge in [0.1, 0.15) is 5.78 Å². The molecule has 3 unspecified atom stereocenters. The second kappa shape index (κ2) is 14.0. The maximum absolute atomic E-state index is 12.9. The van der Waals surface area contributed by atoms with Crippen molar-refractivity contribution in [2.75, 3.05) is 7.11 Å². The minimum absolute atomic E-state index is 0.00000299. The lowest BCUT2D eigenvalue weighted by atomic mass is 9.83. The molecular formula is C29H42O6. The van der Waals surface area contributed by atoms with E-state index in [-0.39, 0.29) is 35.4 Å². The Morgan fingerprint density at radius 3 is 2.26 bits per heavy atom. The zero-order valence-corrected chi connectivity index (χ0v) is 21.5. The number of methoxy groups -OCH3 is 1. The van der Waals surface area contributed by atoms with Crippen LogP contribution in [0.3, 0.4) is 0 Å². The lowest BCUT2D eigenvalue weighted by Gasteiger charge is -2.23. The normalized spacial score (nSPS) is 14.0. The molecule has 0 heterocycles. The number of rotatable bonds is 15. The van der Waals surface area contributed by atoms with Crippen molar-refractivity contribution in [3.05, 3.63) is 47.5 Å². The van der Waals surface area contributed by atoms with E-state index in [0.717, 1.165) is 36.8 Å². The van der Waals surface area contributed by atoms with Gasteiger partial charge in [-0.25, -0.2) is 0 Å². The van der Waals surface area contributed by atoms with Crippen LogP contribution < -0.4 is 4.74 Å². The van der Waals surface area contributed by atoms with Crippen LogP contribution in [0.1, 0.15) is 82.8 Å². The molecule has 0 aliphatic rings. The summed E-state index contributed by atoms with van der Waals surface area (Å²) in [5.74, 6) is 1.30. The van der Waals surface area contributed by atoms with Crippen molar-refractivity contribution in [1.29, 1.82) is 0 Å². The number of aliphatic hydroxyl groups excluding tert-OH is 1. The second-order valence-electron chi connectivity index (χ2n) is 10.1. The first-order valence-corrected chi connectivity index (χ1v) is 12.7. The number of aliphatic hydroxyl groups is 1. The van der Waals surface area contributed by atoms with Crippen LogP contribution in [0.15, 0.2) is 36.4 Å². The predicted octanol–water partition coefficient (Wildman–Crippen LogP) is 6.09. The van der Waals surface area contributed by atoms with Gasteiger partial charge in [-0.3, -0.25) is 4.79 Å². The largest absolute Gasteiger partial charge is 0.504 e. The molecule has 4 N–H and O–H groups in total. The fraction of sp³-hybridized carbons (Fsp3) is 0.552. The molecule has 0 aliphatic carbocycles. The summed E-state index contributed by atoms with van der Waals surface area (Å²) >= 11 is 0. The van der Waals surface area contributed by atoms with E-state index in [2.05, 4.69) is 20.8 Å². The van der Waals surface area contributed by atoms with Crippen LogP contribution in [-0.4, -0.2) is 39.4 Å². The summed E-state index contributed by atoms with van der Waals surface area (Å²) in [6, 6.07) is 9.86. The summed E-state index contributed by atoms with van der Waals surface area (Å²) in [4.78, 5) is 12.9. The van der Waals surface area contributed by atoms with Gasteiger partial charge >= 0.3 is 0 Å². The number of benzene rings is 2. The van der Waals surface area contributed by atoms with Crippen LogP contribution >= 0.6 is 0 Å². The van der Waals surface area contributed by atoms with Gasteiger partial charge in [-0.1, -0.05) is 39.3 Å². The number of Topliss-reactive ketones (excluding diaryl/α,β-unsaturated/α-hetero) is 1. The van der Waals surface area contributed by atoms with Gasteiger partial charge in [0.2, 0.25) is 0 Å². The van der Waals surface area contributed by atoms with Crippen LogP contribution in [0.25, 0.3) is 0 Å². The van der Waals surface area contributed by atoms with Gasteiger partial charge in [-0.15, -0.1) is 0 Å². The minimum Gasteiger partial charge on any atom is -0.504 e. The smallest absolute Gasteiger partial charge is 0.160 e.